The maximum atomic E-state index is 2.36. The van der Waals surface area contributed by atoms with E-state index in [2.05, 4.69) is 50.3 Å². The van der Waals surface area contributed by atoms with Crippen molar-refractivity contribution in [3.63, 3.8) is 0 Å². The zero-order chi connectivity index (χ0) is 16.1. The lowest BCUT2D eigenvalue weighted by Crippen LogP contribution is -1.78. The summed E-state index contributed by atoms with van der Waals surface area (Å²) in [4.78, 5) is 0. The fourth-order valence-electron chi connectivity index (χ4n) is 2.51. The highest BCUT2D eigenvalue weighted by molar-refractivity contribution is 4.97. The van der Waals surface area contributed by atoms with Gasteiger partial charge in [-0.25, -0.2) is 0 Å². The zero-order valence-corrected chi connectivity index (χ0v) is 15.4. The fraction of sp³-hybridized carbons (Fsp3) is 0.727. The lowest BCUT2D eigenvalue weighted by molar-refractivity contribution is 0.592. The van der Waals surface area contributed by atoms with E-state index in [0.29, 0.717) is 0 Å². The molecule has 0 rings (SSSR count). The second-order valence-corrected chi connectivity index (χ2v) is 6.29. The molecule has 0 aliphatic carbocycles. The molecule has 0 heteroatoms. The van der Waals surface area contributed by atoms with Crippen molar-refractivity contribution in [3.8, 4) is 0 Å². The van der Waals surface area contributed by atoms with Gasteiger partial charge in [0.1, 0.15) is 0 Å². The van der Waals surface area contributed by atoms with Gasteiger partial charge in [-0.2, -0.15) is 0 Å². The monoisotopic (exact) mass is 304 g/mol. The number of hydrogen-bond acceptors (Lipinski definition) is 0. The summed E-state index contributed by atoms with van der Waals surface area (Å²) in [6, 6.07) is 0. The third-order valence-electron chi connectivity index (χ3n) is 3.99. The molecule has 0 aliphatic heterocycles. The van der Waals surface area contributed by atoms with Crippen LogP contribution in [0.1, 0.15) is 104 Å². The van der Waals surface area contributed by atoms with Crippen LogP contribution in [0, 0.1) is 0 Å². The summed E-state index contributed by atoms with van der Waals surface area (Å²) < 4.78 is 0. The highest BCUT2D eigenvalue weighted by Crippen LogP contribution is 2.08. The summed E-state index contributed by atoms with van der Waals surface area (Å²) in [5.41, 5.74) is 0. The van der Waals surface area contributed by atoms with E-state index in [9.17, 15) is 0 Å². The molecule has 0 saturated carbocycles. The average Bonchev–Trinajstić information content (AvgIpc) is 2.54. The first-order valence-electron chi connectivity index (χ1n) is 9.86. The highest BCUT2D eigenvalue weighted by atomic mass is 13.9. The van der Waals surface area contributed by atoms with Crippen LogP contribution in [0.25, 0.3) is 0 Å². The van der Waals surface area contributed by atoms with Crippen molar-refractivity contribution < 1.29 is 0 Å². The molecule has 0 spiro atoms. The molecule has 0 amide bonds. The largest absolute Gasteiger partial charge is 0.0882 e. The van der Waals surface area contributed by atoms with Crippen LogP contribution in [0.15, 0.2) is 36.5 Å². The van der Waals surface area contributed by atoms with Crippen LogP contribution in [0.5, 0.6) is 0 Å². The van der Waals surface area contributed by atoms with Gasteiger partial charge in [0.15, 0.2) is 0 Å². The van der Waals surface area contributed by atoms with E-state index in [4.69, 9.17) is 0 Å². The fourth-order valence-corrected chi connectivity index (χ4v) is 2.51. The van der Waals surface area contributed by atoms with E-state index < -0.39 is 0 Å². The first kappa shape index (κ1) is 21.2. The third-order valence-corrected chi connectivity index (χ3v) is 3.99. The summed E-state index contributed by atoms with van der Waals surface area (Å²) >= 11 is 0. The predicted octanol–water partition coefficient (Wildman–Crippen LogP) is 8.16. The Morgan fingerprint density at radius 1 is 0.409 bits per heavy atom. The van der Waals surface area contributed by atoms with E-state index >= 15 is 0 Å². The Labute approximate surface area is 140 Å². The second-order valence-electron chi connectivity index (χ2n) is 6.29. The summed E-state index contributed by atoms with van der Waals surface area (Å²) in [6.45, 7) is 4.54. The second kappa shape index (κ2) is 20.2. The summed E-state index contributed by atoms with van der Waals surface area (Å²) in [5.74, 6) is 0. The Morgan fingerprint density at radius 3 is 1.32 bits per heavy atom. The van der Waals surface area contributed by atoms with Crippen molar-refractivity contribution in [3.05, 3.63) is 36.5 Å². The lowest BCUT2D eigenvalue weighted by atomic mass is 10.1. The number of rotatable bonds is 16. The molecule has 0 fully saturated rings. The van der Waals surface area contributed by atoms with Crippen LogP contribution in [0.2, 0.25) is 0 Å². The molecule has 0 radical (unpaired) electrons. The molecule has 0 heterocycles. The van der Waals surface area contributed by atoms with Gasteiger partial charge < -0.3 is 0 Å². The van der Waals surface area contributed by atoms with Gasteiger partial charge in [-0.15, -0.1) is 0 Å². The summed E-state index contributed by atoms with van der Waals surface area (Å²) in [6.07, 6.45) is 32.5. The topological polar surface area (TPSA) is 0 Å². The Kier molecular flexibility index (Phi) is 19.5. The van der Waals surface area contributed by atoms with Crippen LogP contribution in [-0.2, 0) is 0 Å². The minimum absolute atomic E-state index is 1.09. The van der Waals surface area contributed by atoms with Crippen LogP contribution in [0.4, 0.5) is 0 Å². The summed E-state index contributed by atoms with van der Waals surface area (Å²) in [5, 5.41) is 0. The van der Waals surface area contributed by atoms with E-state index in [1.54, 1.807) is 0 Å². The van der Waals surface area contributed by atoms with Gasteiger partial charge in [0, 0.05) is 0 Å². The van der Waals surface area contributed by atoms with Crippen molar-refractivity contribution in [2.75, 3.05) is 0 Å². The normalized spacial score (nSPS) is 12.3. The lowest BCUT2D eigenvalue weighted by Gasteiger charge is -1.98. The van der Waals surface area contributed by atoms with Crippen molar-refractivity contribution in [1.29, 1.82) is 0 Å². The van der Waals surface area contributed by atoms with Gasteiger partial charge in [0.2, 0.25) is 0 Å². The molecule has 0 nitrogen and oxygen atoms in total. The first-order valence-corrected chi connectivity index (χ1v) is 9.86. The maximum absolute atomic E-state index is 2.36. The molecule has 0 N–H and O–H groups in total. The van der Waals surface area contributed by atoms with Crippen LogP contribution in [-0.4, -0.2) is 0 Å². The Balaban J connectivity index is 3.24. The molecule has 0 aromatic heterocycles. The van der Waals surface area contributed by atoms with Crippen molar-refractivity contribution in [2.45, 2.75) is 104 Å². The number of hydrogen-bond donors (Lipinski definition) is 0. The molecule has 22 heavy (non-hydrogen) atoms. The van der Waals surface area contributed by atoms with Crippen molar-refractivity contribution in [2.24, 2.45) is 0 Å². The molecule has 0 unspecified atom stereocenters. The maximum Gasteiger partial charge on any atom is -0.0169 e. The standard InChI is InChI=1S/C22H40/c1-3-5-7-9-11-13-15-17-19-21-22-20-18-16-14-12-10-8-6-4-2/h11,13,17,19-20,22H,3-10,12,14-16,18,21H2,1-2H3. The molecular formula is C22H40. The van der Waals surface area contributed by atoms with Gasteiger partial charge in [0.25, 0.3) is 0 Å². The van der Waals surface area contributed by atoms with Gasteiger partial charge in [0.05, 0.1) is 0 Å². The minimum atomic E-state index is 1.09. The molecular weight excluding hydrogens is 264 g/mol. The summed E-state index contributed by atoms with van der Waals surface area (Å²) in [7, 11) is 0. The zero-order valence-electron chi connectivity index (χ0n) is 15.4. The quantitative estimate of drug-likeness (QED) is 0.199. The molecule has 0 bridgehead atoms. The van der Waals surface area contributed by atoms with Crippen LogP contribution in [0.3, 0.4) is 0 Å². The van der Waals surface area contributed by atoms with E-state index in [0.717, 1.165) is 12.8 Å². The van der Waals surface area contributed by atoms with Gasteiger partial charge >= 0.3 is 0 Å². The smallest absolute Gasteiger partial charge is 0.0169 e. The van der Waals surface area contributed by atoms with Crippen LogP contribution >= 0.6 is 0 Å². The average molecular weight is 305 g/mol. The molecule has 0 aromatic carbocycles. The van der Waals surface area contributed by atoms with E-state index in [1.807, 2.05) is 0 Å². The number of unbranched alkanes of at least 4 members (excludes halogenated alkanes) is 10. The Bertz CT molecular complexity index is 270. The molecule has 0 atom stereocenters. The van der Waals surface area contributed by atoms with Gasteiger partial charge in [-0.05, 0) is 38.5 Å². The molecule has 0 saturated heterocycles. The van der Waals surface area contributed by atoms with Crippen molar-refractivity contribution >= 4 is 0 Å². The predicted molar refractivity (Wildman–Crippen MR) is 103 cm³/mol. The first-order chi connectivity index (χ1) is 10.9. The molecule has 128 valence electrons. The molecule has 0 aromatic rings. The Hall–Kier alpha value is -0.780. The highest BCUT2D eigenvalue weighted by Gasteiger charge is 1.89. The van der Waals surface area contributed by atoms with Crippen molar-refractivity contribution in [1.82, 2.24) is 0 Å². The Morgan fingerprint density at radius 2 is 0.773 bits per heavy atom. The minimum Gasteiger partial charge on any atom is -0.0882 e. The van der Waals surface area contributed by atoms with Gasteiger partial charge in [-0.1, -0.05) is 102 Å². The third kappa shape index (κ3) is 19.2. The van der Waals surface area contributed by atoms with E-state index in [1.165, 1.54) is 77.0 Å². The molecule has 0 aliphatic rings. The van der Waals surface area contributed by atoms with E-state index in [-0.39, 0.29) is 0 Å². The van der Waals surface area contributed by atoms with Gasteiger partial charge in [-0.3, -0.25) is 0 Å². The number of allylic oxidation sites excluding steroid dienone is 6. The SMILES string of the molecule is CCCCCC=CCC=CCC=CCCCCCCCCC. The van der Waals surface area contributed by atoms with Crippen LogP contribution < -0.4 is 0 Å².